The molecule has 1 aliphatic heterocycles. The lowest BCUT2D eigenvalue weighted by atomic mass is 9.97. The van der Waals surface area contributed by atoms with E-state index in [1.165, 1.54) is 6.07 Å². The van der Waals surface area contributed by atoms with Crippen LogP contribution in [0, 0.1) is 18.7 Å². The molecule has 4 rings (SSSR count). The van der Waals surface area contributed by atoms with Gasteiger partial charge in [-0.3, -0.25) is 4.79 Å². The number of piperidine rings is 1. The van der Waals surface area contributed by atoms with Gasteiger partial charge in [0.2, 0.25) is 5.91 Å². The highest BCUT2D eigenvalue weighted by atomic mass is 32.2. The zero-order valence-corrected chi connectivity index (χ0v) is 17.5. The van der Waals surface area contributed by atoms with E-state index in [0.717, 1.165) is 35.1 Å². The van der Waals surface area contributed by atoms with E-state index in [-0.39, 0.29) is 17.6 Å². The van der Waals surface area contributed by atoms with E-state index in [0.29, 0.717) is 17.8 Å². The first kappa shape index (κ1) is 20.3. The van der Waals surface area contributed by atoms with Crippen molar-refractivity contribution in [1.29, 1.82) is 0 Å². The number of aromatic nitrogens is 2. The van der Waals surface area contributed by atoms with E-state index >= 15 is 0 Å². The number of hydrogen-bond donors (Lipinski definition) is 1. The number of carbonyl (C=O) groups is 1. The summed E-state index contributed by atoms with van der Waals surface area (Å²) in [6, 6.07) is 14.8. The van der Waals surface area contributed by atoms with Crippen molar-refractivity contribution in [1.82, 2.24) is 9.97 Å². The van der Waals surface area contributed by atoms with E-state index in [1.807, 2.05) is 30.3 Å². The number of hydrogen-bond acceptors (Lipinski definition) is 5. The summed E-state index contributed by atoms with van der Waals surface area (Å²) in [4.78, 5) is 25.1. The van der Waals surface area contributed by atoms with Crippen LogP contribution in [-0.4, -0.2) is 29.0 Å². The highest BCUT2D eigenvalue weighted by molar-refractivity contribution is 7.99. The molecule has 1 fully saturated rings. The van der Waals surface area contributed by atoms with Gasteiger partial charge in [0.05, 0.1) is 5.92 Å². The molecule has 30 heavy (non-hydrogen) atoms. The van der Waals surface area contributed by atoms with Crippen LogP contribution in [0.15, 0.2) is 70.8 Å². The summed E-state index contributed by atoms with van der Waals surface area (Å²) in [6.45, 7) is 3.08. The first-order valence-corrected chi connectivity index (χ1v) is 10.8. The minimum absolute atomic E-state index is 0.0934. The lowest BCUT2D eigenvalue weighted by Gasteiger charge is -2.33. The maximum atomic E-state index is 13.8. The molecule has 2 heterocycles. The molecule has 0 saturated carbocycles. The van der Waals surface area contributed by atoms with Crippen molar-refractivity contribution in [3.8, 4) is 0 Å². The number of nitrogens with one attached hydrogen (secondary N) is 1. The molecule has 1 atom stereocenters. The molecule has 2 aromatic carbocycles. The monoisotopic (exact) mass is 422 g/mol. The predicted octanol–water partition coefficient (Wildman–Crippen LogP) is 4.93. The van der Waals surface area contributed by atoms with Crippen LogP contribution in [0.4, 0.5) is 15.9 Å². The number of amides is 1. The number of benzene rings is 2. The van der Waals surface area contributed by atoms with E-state index in [4.69, 9.17) is 0 Å². The second-order valence-electron chi connectivity index (χ2n) is 7.34. The summed E-state index contributed by atoms with van der Waals surface area (Å²) in [6.07, 6.45) is 5.04. The van der Waals surface area contributed by atoms with Crippen LogP contribution >= 0.6 is 11.8 Å². The molecule has 0 unspecified atom stereocenters. The minimum atomic E-state index is -0.319. The largest absolute Gasteiger partial charge is 0.354 e. The smallest absolute Gasteiger partial charge is 0.229 e. The molecule has 0 radical (unpaired) electrons. The fourth-order valence-electron chi connectivity index (χ4n) is 3.51. The third-order valence-electron chi connectivity index (χ3n) is 5.14. The van der Waals surface area contributed by atoms with Crippen LogP contribution in [0.25, 0.3) is 0 Å². The van der Waals surface area contributed by atoms with Gasteiger partial charge in [0, 0.05) is 36.1 Å². The van der Waals surface area contributed by atoms with Crippen LogP contribution < -0.4 is 10.2 Å². The van der Waals surface area contributed by atoms with Gasteiger partial charge in [0.15, 0.2) is 5.82 Å². The molecule has 0 spiro atoms. The van der Waals surface area contributed by atoms with E-state index in [2.05, 4.69) is 20.2 Å². The molecule has 1 aliphatic rings. The summed E-state index contributed by atoms with van der Waals surface area (Å²) >= 11 is 1.57. The minimum Gasteiger partial charge on any atom is -0.354 e. The van der Waals surface area contributed by atoms with Crippen LogP contribution in [0.3, 0.4) is 0 Å². The van der Waals surface area contributed by atoms with Crippen molar-refractivity contribution >= 4 is 29.2 Å². The van der Waals surface area contributed by atoms with Crippen molar-refractivity contribution in [2.45, 2.75) is 29.7 Å². The van der Waals surface area contributed by atoms with Gasteiger partial charge >= 0.3 is 0 Å². The second-order valence-corrected chi connectivity index (χ2v) is 8.40. The molecular weight excluding hydrogens is 399 g/mol. The Balaban J connectivity index is 1.47. The van der Waals surface area contributed by atoms with Gasteiger partial charge < -0.3 is 10.2 Å². The summed E-state index contributed by atoms with van der Waals surface area (Å²) < 4.78 is 13.8. The Morgan fingerprint density at radius 2 is 1.97 bits per heavy atom. The van der Waals surface area contributed by atoms with Crippen LogP contribution in [-0.2, 0) is 4.79 Å². The van der Waals surface area contributed by atoms with Gasteiger partial charge in [0.1, 0.15) is 10.8 Å². The SMILES string of the molecule is Cc1ccc(NC(=O)[C@@H]2CCCN(c3nccnc3Sc3ccccc3)C2)cc1F. The number of anilines is 2. The lowest BCUT2D eigenvalue weighted by molar-refractivity contribution is -0.120. The van der Waals surface area contributed by atoms with Gasteiger partial charge in [-0.05, 0) is 49.6 Å². The first-order chi connectivity index (χ1) is 14.6. The molecule has 1 N–H and O–H groups in total. The molecule has 1 aromatic heterocycles. The fraction of sp³-hybridized carbons (Fsp3) is 0.261. The molecule has 1 saturated heterocycles. The average molecular weight is 423 g/mol. The molecule has 0 bridgehead atoms. The standard InChI is InChI=1S/C23H23FN4OS/c1-16-9-10-18(14-20(16)24)27-22(29)17-6-5-13-28(15-17)21-23(26-12-11-25-21)30-19-7-3-2-4-8-19/h2-4,7-12,14,17H,5-6,13,15H2,1H3,(H,27,29)/t17-/m1/s1. The number of carbonyl (C=O) groups excluding carboxylic acids is 1. The first-order valence-electron chi connectivity index (χ1n) is 9.96. The van der Waals surface area contributed by atoms with Gasteiger partial charge in [-0.15, -0.1) is 0 Å². The Bertz CT molecular complexity index is 1030. The molecule has 154 valence electrons. The fourth-order valence-corrected chi connectivity index (χ4v) is 4.41. The zero-order chi connectivity index (χ0) is 20.9. The summed E-state index contributed by atoms with van der Waals surface area (Å²) in [5, 5.41) is 3.68. The van der Waals surface area contributed by atoms with Crippen LogP contribution in [0.1, 0.15) is 18.4 Å². The Morgan fingerprint density at radius 1 is 1.17 bits per heavy atom. The normalized spacial score (nSPS) is 16.3. The second kappa shape index (κ2) is 9.26. The van der Waals surface area contributed by atoms with E-state index in [1.54, 1.807) is 43.2 Å². The van der Waals surface area contributed by atoms with Crippen molar-refractivity contribution in [2.75, 3.05) is 23.3 Å². The third-order valence-corrected chi connectivity index (χ3v) is 6.12. The van der Waals surface area contributed by atoms with E-state index in [9.17, 15) is 9.18 Å². The zero-order valence-electron chi connectivity index (χ0n) is 16.7. The van der Waals surface area contributed by atoms with E-state index < -0.39 is 0 Å². The average Bonchev–Trinajstić information content (AvgIpc) is 2.77. The Labute approximate surface area is 179 Å². The van der Waals surface area contributed by atoms with Crippen LogP contribution in [0.2, 0.25) is 0 Å². The molecule has 5 nitrogen and oxygen atoms in total. The molecule has 1 amide bonds. The van der Waals surface area contributed by atoms with Crippen LogP contribution in [0.5, 0.6) is 0 Å². The maximum Gasteiger partial charge on any atom is 0.229 e. The van der Waals surface area contributed by atoms with Crippen molar-refractivity contribution in [3.05, 3.63) is 72.3 Å². The number of halogens is 1. The van der Waals surface area contributed by atoms with Crippen molar-refractivity contribution < 1.29 is 9.18 Å². The Kier molecular flexibility index (Phi) is 6.28. The maximum absolute atomic E-state index is 13.8. The van der Waals surface area contributed by atoms with Crippen molar-refractivity contribution in [3.63, 3.8) is 0 Å². The lowest BCUT2D eigenvalue weighted by Crippen LogP contribution is -2.41. The molecular formula is C23H23FN4OS. The molecule has 7 heteroatoms. The summed E-state index contributed by atoms with van der Waals surface area (Å²) in [7, 11) is 0. The topological polar surface area (TPSA) is 58.1 Å². The highest BCUT2D eigenvalue weighted by Crippen LogP contribution is 2.34. The summed E-state index contributed by atoms with van der Waals surface area (Å²) in [5.41, 5.74) is 1.04. The number of rotatable bonds is 5. The predicted molar refractivity (Wildman–Crippen MR) is 117 cm³/mol. The summed E-state index contributed by atoms with van der Waals surface area (Å²) in [5.74, 6) is 0.189. The number of aryl methyl sites for hydroxylation is 1. The van der Waals surface area contributed by atoms with Gasteiger partial charge in [0.25, 0.3) is 0 Å². The Morgan fingerprint density at radius 3 is 2.77 bits per heavy atom. The third kappa shape index (κ3) is 4.79. The quantitative estimate of drug-likeness (QED) is 0.632. The molecule has 0 aliphatic carbocycles. The van der Waals surface area contributed by atoms with Gasteiger partial charge in [-0.2, -0.15) is 0 Å². The highest BCUT2D eigenvalue weighted by Gasteiger charge is 2.28. The van der Waals surface area contributed by atoms with Gasteiger partial charge in [-0.1, -0.05) is 36.0 Å². The Hall–Kier alpha value is -2.93. The van der Waals surface area contributed by atoms with Crippen molar-refractivity contribution in [2.24, 2.45) is 5.92 Å². The van der Waals surface area contributed by atoms with Gasteiger partial charge in [-0.25, -0.2) is 14.4 Å². The number of nitrogens with zero attached hydrogens (tertiary/aromatic N) is 3. The molecule has 3 aromatic rings.